The summed E-state index contributed by atoms with van der Waals surface area (Å²) in [6.45, 7) is 7.00. The third-order valence-electron chi connectivity index (χ3n) is 3.46. The molecule has 2 heterocycles. The molecule has 1 aromatic heterocycles. The van der Waals surface area contributed by atoms with E-state index in [1.165, 1.54) is 6.20 Å². The monoisotopic (exact) mass is 292 g/mol. The number of aromatic amines is 1. The fourth-order valence-electron chi connectivity index (χ4n) is 2.39. The Hall–Kier alpha value is -2.18. The van der Waals surface area contributed by atoms with Gasteiger partial charge in [0, 0.05) is 31.0 Å². The standard InChI is InChI=1S/C14H20N4O3/c1-14(2,3)18-8-9(4-12(18)20)5-16-13(21)10-6-15-7-11(19)17-10/h6-7,9H,4-5,8H2,1-3H3,(H,16,21)(H,17,19)/t9-/m1/s1. The zero-order chi connectivity index (χ0) is 15.6. The fourth-order valence-corrected chi connectivity index (χ4v) is 2.39. The number of carbonyl (C=O) groups is 2. The molecule has 0 radical (unpaired) electrons. The van der Waals surface area contributed by atoms with Crippen LogP contribution in [0, 0.1) is 5.92 Å². The van der Waals surface area contributed by atoms with Crippen LogP contribution in [0.15, 0.2) is 17.2 Å². The molecule has 21 heavy (non-hydrogen) atoms. The van der Waals surface area contributed by atoms with Crippen molar-refractivity contribution in [1.29, 1.82) is 0 Å². The van der Waals surface area contributed by atoms with Gasteiger partial charge in [-0.05, 0) is 20.8 Å². The van der Waals surface area contributed by atoms with Crippen molar-refractivity contribution in [3.8, 4) is 0 Å². The van der Waals surface area contributed by atoms with Crippen LogP contribution in [-0.2, 0) is 4.79 Å². The molecule has 0 saturated carbocycles. The van der Waals surface area contributed by atoms with Crippen LogP contribution in [0.2, 0.25) is 0 Å². The lowest BCUT2D eigenvalue weighted by atomic mass is 10.1. The number of H-pyrrole nitrogens is 1. The highest BCUT2D eigenvalue weighted by Crippen LogP contribution is 2.25. The van der Waals surface area contributed by atoms with Crippen LogP contribution < -0.4 is 10.9 Å². The van der Waals surface area contributed by atoms with Crippen molar-refractivity contribution in [1.82, 2.24) is 20.2 Å². The second-order valence-electron chi connectivity index (χ2n) is 6.27. The van der Waals surface area contributed by atoms with Gasteiger partial charge < -0.3 is 15.2 Å². The second kappa shape index (κ2) is 5.67. The molecule has 7 nitrogen and oxygen atoms in total. The first-order valence-corrected chi connectivity index (χ1v) is 6.90. The molecular weight excluding hydrogens is 272 g/mol. The second-order valence-corrected chi connectivity index (χ2v) is 6.27. The van der Waals surface area contributed by atoms with E-state index in [4.69, 9.17) is 0 Å². The molecule has 2 rings (SSSR count). The molecule has 1 fully saturated rings. The van der Waals surface area contributed by atoms with Gasteiger partial charge in [-0.15, -0.1) is 0 Å². The first kappa shape index (κ1) is 15.2. The highest BCUT2D eigenvalue weighted by molar-refractivity contribution is 5.91. The van der Waals surface area contributed by atoms with Gasteiger partial charge in [0.2, 0.25) is 5.91 Å². The van der Waals surface area contributed by atoms with Crippen molar-refractivity contribution in [3.63, 3.8) is 0 Å². The molecule has 1 atom stereocenters. The number of hydrogen-bond donors (Lipinski definition) is 2. The number of aromatic nitrogens is 2. The van der Waals surface area contributed by atoms with Crippen molar-refractivity contribution < 1.29 is 9.59 Å². The molecule has 0 aliphatic carbocycles. The molecule has 7 heteroatoms. The van der Waals surface area contributed by atoms with E-state index in [-0.39, 0.29) is 29.0 Å². The maximum atomic E-state index is 11.9. The van der Waals surface area contributed by atoms with Crippen molar-refractivity contribution in [2.24, 2.45) is 5.92 Å². The van der Waals surface area contributed by atoms with Crippen LogP contribution in [0.4, 0.5) is 0 Å². The number of rotatable bonds is 3. The Bertz CT molecular complexity index is 603. The zero-order valence-corrected chi connectivity index (χ0v) is 12.5. The van der Waals surface area contributed by atoms with Gasteiger partial charge in [-0.25, -0.2) is 0 Å². The number of nitrogens with one attached hydrogen (secondary N) is 2. The van der Waals surface area contributed by atoms with Gasteiger partial charge >= 0.3 is 0 Å². The van der Waals surface area contributed by atoms with Gasteiger partial charge in [-0.3, -0.25) is 19.4 Å². The predicted octanol–water partition coefficient (Wildman–Crippen LogP) is 0.147. The van der Waals surface area contributed by atoms with Crippen LogP contribution in [0.5, 0.6) is 0 Å². The normalized spacial score (nSPS) is 18.9. The maximum Gasteiger partial charge on any atom is 0.269 e. The Morgan fingerprint density at radius 3 is 2.71 bits per heavy atom. The molecule has 1 aliphatic rings. The summed E-state index contributed by atoms with van der Waals surface area (Å²) in [5, 5.41) is 2.73. The van der Waals surface area contributed by atoms with E-state index in [1.807, 2.05) is 25.7 Å². The van der Waals surface area contributed by atoms with Gasteiger partial charge in [0.25, 0.3) is 11.5 Å². The molecule has 1 aliphatic heterocycles. The van der Waals surface area contributed by atoms with Crippen molar-refractivity contribution in [2.45, 2.75) is 32.7 Å². The number of nitrogens with zero attached hydrogens (tertiary/aromatic N) is 2. The summed E-state index contributed by atoms with van der Waals surface area (Å²) >= 11 is 0. The Morgan fingerprint density at radius 1 is 1.43 bits per heavy atom. The molecule has 2 amide bonds. The minimum atomic E-state index is -0.419. The SMILES string of the molecule is CC(C)(C)N1C[C@@H](CNC(=O)c2cncc(=O)[nH]2)CC1=O. The van der Waals surface area contributed by atoms with Gasteiger partial charge in [0.05, 0.1) is 12.4 Å². The zero-order valence-electron chi connectivity index (χ0n) is 12.5. The van der Waals surface area contributed by atoms with Crippen molar-refractivity contribution in [3.05, 3.63) is 28.4 Å². The van der Waals surface area contributed by atoms with Crippen molar-refractivity contribution >= 4 is 11.8 Å². The molecule has 2 N–H and O–H groups in total. The van der Waals surface area contributed by atoms with Crippen LogP contribution in [0.3, 0.4) is 0 Å². The van der Waals surface area contributed by atoms with Crippen molar-refractivity contribution in [2.75, 3.05) is 13.1 Å². The summed E-state index contributed by atoms with van der Waals surface area (Å²) in [7, 11) is 0. The van der Waals surface area contributed by atoms with Crippen LogP contribution in [-0.4, -0.2) is 45.3 Å². The number of carbonyl (C=O) groups excluding carboxylic acids is 2. The topological polar surface area (TPSA) is 95.2 Å². The Labute approximate surface area is 122 Å². The van der Waals surface area contributed by atoms with Gasteiger partial charge in [0.15, 0.2) is 0 Å². The summed E-state index contributed by atoms with van der Waals surface area (Å²) in [6.07, 6.45) is 2.84. The fraction of sp³-hybridized carbons (Fsp3) is 0.571. The lowest BCUT2D eigenvalue weighted by Gasteiger charge is -2.32. The third-order valence-corrected chi connectivity index (χ3v) is 3.46. The van der Waals surface area contributed by atoms with Crippen LogP contribution >= 0.6 is 0 Å². The smallest absolute Gasteiger partial charge is 0.269 e. The number of likely N-dealkylation sites (tertiary alicyclic amines) is 1. The number of amides is 2. The highest BCUT2D eigenvalue weighted by atomic mass is 16.2. The van der Waals surface area contributed by atoms with Gasteiger partial charge in [-0.1, -0.05) is 0 Å². The Balaban J connectivity index is 1.91. The molecule has 0 aromatic carbocycles. The quantitative estimate of drug-likeness (QED) is 0.829. The molecular formula is C14H20N4O3. The molecule has 0 spiro atoms. The summed E-state index contributed by atoms with van der Waals surface area (Å²) < 4.78 is 0. The Kier molecular flexibility index (Phi) is 4.11. The van der Waals surface area contributed by atoms with E-state index in [0.717, 1.165) is 6.20 Å². The third kappa shape index (κ3) is 3.68. The Morgan fingerprint density at radius 2 is 2.14 bits per heavy atom. The first-order chi connectivity index (χ1) is 9.77. The van der Waals surface area contributed by atoms with E-state index in [2.05, 4.69) is 15.3 Å². The number of hydrogen-bond acceptors (Lipinski definition) is 4. The molecule has 1 saturated heterocycles. The molecule has 114 valence electrons. The van der Waals surface area contributed by atoms with E-state index in [0.29, 0.717) is 19.5 Å². The average molecular weight is 292 g/mol. The lowest BCUT2D eigenvalue weighted by molar-refractivity contribution is -0.131. The summed E-state index contributed by atoms with van der Waals surface area (Å²) in [6, 6.07) is 0. The van der Waals surface area contributed by atoms with Gasteiger partial charge in [-0.2, -0.15) is 0 Å². The predicted molar refractivity (Wildman–Crippen MR) is 76.8 cm³/mol. The first-order valence-electron chi connectivity index (χ1n) is 6.90. The highest BCUT2D eigenvalue weighted by Gasteiger charge is 2.36. The maximum absolute atomic E-state index is 11.9. The summed E-state index contributed by atoms with van der Waals surface area (Å²) in [5.74, 6) is -0.192. The lowest BCUT2D eigenvalue weighted by Crippen LogP contribution is -2.42. The van der Waals surface area contributed by atoms with Gasteiger partial charge in [0.1, 0.15) is 5.69 Å². The van der Waals surface area contributed by atoms with E-state index in [9.17, 15) is 14.4 Å². The minimum Gasteiger partial charge on any atom is -0.350 e. The molecule has 1 aromatic rings. The minimum absolute atomic E-state index is 0.0871. The van der Waals surface area contributed by atoms with Crippen LogP contribution in [0.1, 0.15) is 37.7 Å². The average Bonchev–Trinajstić information content (AvgIpc) is 2.77. The summed E-state index contributed by atoms with van der Waals surface area (Å²) in [4.78, 5) is 42.9. The largest absolute Gasteiger partial charge is 0.350 e. The van der Waals surface area contributed by atoms with E-state index in [1.54, 1.807) is 0 Å². The summed E-state index contributed by atoms with van der Waals surface area (Å²) in [5.41, 5.74) is -0.498. The molecule has 0 unspecified atom stereocenters. The van der Waals surface area contributed by atoms with Crippen LogP contribution in [0.25, 0.3) is 0 Å². The van der Waals surface area contributed by atoms with E-state index < -0.39 is 5.56 Å². The van der Waals surface area contributed by atoms with E-state index >= 15 is 0 Å². The molecule has 0 bridgehead atoms.